The number of hydrogen-bond donors (Lipinski definition) is 1. The lowest BCUT2D eigenvalue weighted by Gasteiger charge is -1.88. The number of imidazole rings is 1. The summed E-state index contributed by atoms with van der Waals surface area (Å²) in [5.74, 6) is 1.01. The Morgan fingerprint density at radius 1 is 1.64 bits per heavy atom. The fraction of sp³-hybridized carbons (Fsp3) is 0.429. The van der Waals surface area contributed by atoms with Crippen LogP contribution in [-0.4, -0.2) is 9.97 Å². The molecule has 1 heterocycles. The van der Waals surface area contributed by atoms with E-state index in [1.165, 1.54) is 12.8 Å². The van der Waals surface area contributed by atoms with Crippen molar-refractivity contribution in [1.29, 1.82) is 5.26 Å². The molecule has 1 aliphatic rings. The molecular formula is C7H6BrN3. The largest absolute Gasteiger partial charge is 0.332 e. The first-order valence-electron chi connectivity index (χ1n) is 3.46. The van der Waals surface area contributed by atoms with E-state index >= 15 is 0 Å². The van der Waals surface area contributed by atoms with Gasteiger partial charge in [-0.15, -0.1) is 0 Å². The topological polar surface area (TPSA) is 52.5 Å². The SMILES string of the molecule is N#Cc1nc(Br)c(C2CC2)[nH]1. The summed E-state index contributed by atoms with van der Waals surface area (Å²) in [6.45, 7) is 0. The molecule has 56 valence electrons. The molecule has 2 rings (SSSR count). The highest BCUT2D eigenvalue weighted by Gasteiger charge is 2.28. The molecule has 1 N–H and O–H groups in total. The van der Waals surface area contributed by atoms with E-state index in [1.54, 1.807) is 0 Å². The van der Waals surface area contributed by atoms with Crippen LogP contribution in [0.1, 0.15) is 30.3 Å². The van der Waals surface area contributed by atoms with Crippen LogP contribution in [0.5, 0.6) is 0 Å². The van der Waals surface area contributed by atoms with E-state index in [9.17, 15) is 0 Å². The van der Waals surface area contributed by atoms with Gasteiger partial charge in [0.2, 0.25) is 5.82 Å². The highest BCUT2D eigenvalue weighted by molar-refractivity contribution is 9.10. The van der Waals surface area contributed by atoms with Crippen LogP contribution in [0.4, 0.5) is 0 Å². The van der Waals surface area contributed by atoms with Crippen molar-refractivity contribution < 1.29 is 0 Å². The van der Waals surface area contributed by atoms with Gasteiger partial charge >= 0.3 is 0 Å². The van der Waals surface area contributed by atoms with Gasteiger partial charge in [-0.3, -0.25) is 0 Å². The molecule has 11 heavy (non-hydrogen) atoms. The predicted octanol–water partition coefficient (Wildman–Crippen LogP) is 1.92. The van der Waals surface area contributed by atoms with Crippen molar-refractivity contribution in [2.75, 3.05) is 0 Å². The minimum Gasteiger partial charge on any atom is -0.332 e. The van der Waals surface area contributed by atoms with Gasteiger partial charge in [0.1, 0.15) is 10.7 Å². The number of rotatable bonds is 1. The van der Waals surface area contributed by atoms with Gasteiger partial charge in [0.05, 0.1) is 5.69 Å². The molecule has 1 fully saturated rings. The summed E-state index contributed by atoms with van der Waals surface area (Å²) in [6, 6.07) is 1.97. The fourth-order valence-corrected chi connectivity index (χ4v) is 1.66. The van der Waals surface area contributed by atoms with Crippen molar-refractivity contribution in [3.05, 3.63) is 16.1 Å². The Morgan fingerprint density at radius 3 is 2.82 bits per heavy atom. The molecule has 0 bridgehead atoms. The molecule has 0 spiro atoms. The van der Waals surface area contributed by atoms with Crippen LogP contribution in [-0.2, 0) is 0 Å². The van der Waals surface area contributed by atoms with Crippen LogP contribution in [0.25, 0.3) is 0 Å². The van der Waals surface area contributed by atoms with Crippen molar-refractivity contribution in [2.45, 2.75) is 18.8 Å². The molecule has 3 nitrogen and oxygen atoms in total. The lowest BCUT2D eigenvalue weighted by molar-refractivity contribution is 1.03. The monoisotopic (exact) mass is 211 g/mol. The fourth-order valence-electron chi connectivity index (χ4n) is 1.06. The first-order valence-corrected chi connectivity index (χ1v) is 4.26. The normalized spacial score (nSPS) is 16.4. The van der Waals surface area contributed by atoms with E-state index in [2.05, 4.69) is 25.9 Å². The molecule has 1 aromatic rings. The average molecular weight is 212 g/mol. The summed E-state index contributed by atoms with van der Waals surface area (Å²) in [5, 5.41) is 8.51. The third-order valence-electron chi connectivity index (χ3n) is 1.78. The van der Waals surface area contributed by atoms with E-state index in [4.69, 9.17) is 5.26 Å². The number of aromatic nitrogens is 2. The summed E-state index contributed by atoms with van der Waals surface area (Å²) in [5.41, 5.74) is 1.08. The average Bonchev–Trinajstić information content (AvgIpc) is 2.76. The zero-order valence-electron chi connectivity index (χ0n) is 5.76. The summed E-state index contributed by atoms with van der Waals surface area (Å²) in [4.78, 5) is 6.96. The Hall–Kier alpha value is -0.820. The second kappa shape index (κ2) is 2.35. The first kappa shape index (κ1) is 6.86. The summed E-state index contributed by atoms with van der Waals surface area (Å²) in [6.07, 6.45) is 2.43. The third kappa shape index (κ3) is 1.16. The minimum atomic E-state index is 0.402. The Bertz CT molecular complexity index is 319. The van der Waals surface area contributed by atoms with Crippen LogP contribution < -0.4 is 0 Å². The molecule has 0 aromatic carbocycles. The van der Waals surface area contributed by atoms with Crippen molar-refractivity contribution in [3.8, 4) is 6.07 Å². The van der Waals surface area contributed by atoms with E-state index < -0.39 is 0 Å². The number of nitriles is 1. The standard InChI is InChI=1S/C7H6BrN3/c8-7-6(4-1-2-4)10-5(3-9)11-7/h4H,1-2H2,(H,10,11). The van der Waals surface area contributed by atoms with E-state index in [1.807, 2.05) is 6.07 Å². The summed E-state index contributed by atoms with van der Waals surface area (Å²) >= 11 is 3.31. The second-order valence-corrected chi connectivity index (χ2v) is 3.43. The van der Waals surface area contributed by atoms with Crippen LogP contribution in [0.2, 0.25) is 0 Å². The zero-order chi connectivity index (χ0) is 7.84. The number of nitrogens with one attached hydrogen (secondary N) is 1. The van der Waals surface area contributed by atoms with E-state index in [-0.39, 0.29) is 0 Å². The number of aromatic amines is 1. The molecule has 0 unspecified atom stereocenters. The number of nitrogens with zero attached hydrogens (tertiary/aromatic N) is 2. The maximum Gasteiger partial charge on any atom is 0.211 e. The molecule has 1 aromatic heterocycles. The lowest BCUT2D eigenvalue weighted by atomic mass is 10.3. The Balaban J connectivity index is 2.40. The third-order valence-corrected chi connectivity index (χ3v) is 2.38. The van der Waals surface area contributed by atoms with Crippen LogP contribution in [0.3, 0.4) is 0 Å². The molecule has 1 aliphatic carbocycles. The Labute approximate surface area is 72.6 Å². The van der Waals surface area contributed by atoms with Crippen molar-refractivity contribution in [3.63, 3.8) is 0 Å². The molecule has 4 heteroatoms. The Morgan fingerprint density at radius 2 is 2.36 bits per heavy atom. The quantitative estimate of drug-likeness (QED) is 0.772. The highest BCUT2D eigenvalue weighted by atomic mass is 79.9. The molecule has 0 amide bonds. The van der Waals surface area contributed by atoms with Gasteiger partial charge in [-0.05, 0) is 28.8 Å². The minimum absolute atomic E-state index is 0.402. The van der Waals surface area contributed by atoms with Gasteiger partial charge in [0, 0.05) is 5.92 Å². The van der Waals surface area contributed by atoms with Gasteiger partial charge in [-0.1, -0.05) is 0 Å². The maximum absolute atomic E-state index is 8.51. The van der Waals surface area contributed by atoms with Crippen molar-refractivity contribution >= 4 is 15.9 Å². The van der Waals surface area contributed by atoms with Crippen molar-refractivity contribution in [1.82, 2.24) is 9.97 Å². The summed E-state index contributed by atoms with van der Waals surface area (Å²) in [7, 11) is 0. The van der Waals surface area contributed by atoms with E-state index in [0.29, 0.717) is 11.7 Å². The number of H-pyrrole nitrogens is 1. The zero-order valence-corrected chi connectivity index (χ0v) is 7.35. The molecule has 0 aliphatic heterocycles. The predicted molar refractivity (Wildman–Crippen MR) is 43.0 cm³/mol. The number of halogens is 1. The summed E-state index contributed by atoms with van der Waals surface area (Å²) < 4.78 is 0.802. The van der Waals surface area contributed by atoms with Gasteiger partial charge in [-0.2, -0.15) is 5.26 Å². The molecular weight excluding hydrogens is 206 g/mol. The smallest absolute Gasteiger partial charge is 0.211 e. The van der Waals surface area contributed by atoms with Gasteiger partial charge in [0.25, 0.3) is 0 Å². The lowest BCUT2D eigenvalue weighted by Crippen LogP contribution is -1.79. The van der Waals surface area contributed by atoms with Crippen LogP contribution in [0.15, 0.2) is 4.60 Å². The molecule has 0 saturated heterocycles. The Kier molecular flexibility index (Phi) is 1.46. The van der Waals surface area contributed by atoms with Crippen LogP contribution >= 0.6 is 15.9 Å². The molecule has 1 saturated carbocycles. The molecule has 0 radical (unpaired) electrons. The maximum atomic E-state index is 8.51. The number of hydrogen-bond acceptors (Lipinski definition) is 2. The van der Waals surface area contributed by atoms with Gasteiger partial charge in [-0.25, -0.2) is 4.98 Å². The molecule has 0 atom stereocenters. The first-order chi connectivity index (χ1) is 5.31. The van der Waals surface area contributed by atoms with Crippen LogP contribution in [0, 0.1) is 11.3 Å². The van der Waals surface area contributed by atoms with Gasteiger partial charge < -0.3 is 4.98 Å². The second-order valence-electron chi connectivity index (χ2n) is 2.68. The van der Waals surface area contributed by atoms with Crippen molar-refractivity contribution in [2.24, 2.45) is 0 Å². The highest BCUT2D eigenvalue weighted by Crippen LogP contribution is 2.41. The van der Waals surface area contributed by atoms with Gasteiger partial charge in [0.15, 0.2) is 0 Å². The van der Waals surface area contributed by atoms with E-state index in [0.717, 1.165) is 10.3 Å².